The molecule has 1 amide bonds. The van der Waals surface area contributed by atoms with E-state index in [9.17, 15) is 4.79 Å². The average molecular weight is 368 g/mol. The maximum atomic E-state index is 12.3. The van der Waals surface area contributed by atoms with E-state index in [4.69, 9.17) is 21.7 Å². The molecule has 0 fully saturated rings. The van der Waals surface area contributed by atoms with Crippen molar-refractivity contribution >= 4 is 23.2 Å². The van der Waals surface area contributed by atoms with Gasteiger partial charge in [0, 0.05) is 12.6 Å². The van der Waals surface area contributed by atoms with Crippen molar-refractivity contribution in [1.82, 2.24) is 16.2 Å². The van der Waals surface area contributed by atoms with E-state index in [1.807, 2.05) is 0 Å². The third-order valence-corrected chi connectivity index (χ3v) is 4.10. The number of unbranched alkanes of at least 4 members (excludes halogenated alkanes) is 2. The topological polar surface area (TPSA) is 71.6 Å². The first-order chi connectivity index (χ1) is 12.0. The summed E-state index contributed by atoms with van der Waals surface area (Å²) < 4.78 is 10.3. The van der Waals surface area contributed by atoms with Gasteiger partial charge in [-0.1, -0.05) is 33.1 Å². The molecule has 1 aromatic rings. The molecule has 0 saturated carbocycles. The van der Waals surface area contributed by atoms with Gasteiger partial charge in [-0.05, 0) is 36.7 Å². The fourth-order valence-corrected chi connectivity index (χ4v) is 2.46. The van der Waals surface area contributed by atoms with E-state index >= 15 is 0 Å². The summed E-state index contributed by atoms with van der Waals surface area (Å²) in [5.41, 5.74) is 5.69. The van der Waals surface area contributed by atoms with Gasteiger partial charge in [0.1, 0.15) is 11.5 Å². The molecule has 0 radical (unpaired) electrons. The summed E-state index contributed by atoms with van der Waals surface area (Å²) in [6.07, 6.45) is 4.88. The van der Waals surface area contributed by atoms with Gasteiger partial charge in [0.15, 0.2) is 5.11 Å². The van der Waals surface area contributed by atoms with Gasteiger partial charge in [-0.3, -0.25) is 15.6 Å². The first kappa shape index (κ1) is 21.0. The molecule has 0 aliphatic carbocycles. The second-order valence-corrected chi connectivity index (χ2v) is 6.36. The molecule has 0 aliphatic heterocycles. The van der Waals surface area contributed by atoms with Crippen LogP contribution in [0.3, 0.4) is 0 Å². The normalized spacial score (nSPS) is 11.4. The minimum atomic E-state index is -0.334. The van der Waals surface area contributed by atoms with Gasteiger partial charge >= 0.3 is 0 Å². The monoisotopic (exact) mass is 367 g/mol. The third kappa shape index (κ3) is 7.60. The Balaban J connectivity index is 2.42. The Hall–Kier alpha value is -2.02. The van der Waals surface area contributed by atoms with Crippen LogP contribution in [0.4, 0.5) is 0 Å². The number of hydrogen-bond acceptors (Lipinski definition) is 4. The second kappa shape index (κ2) is 11.5. The van der Waals surface area contributed by atoms with E-state index in [0.29, 0.717) is 28.1 Å². The lowest BCUT2D eigenvalue weighted by Gasteiger charge is -2.16. The van der Waals surface area contributed by atoms with Crippen LogP contribution in [0.5, 0.6) is 11.5 Å². The standard InChI is InChI=1S/C18H29N3O3S/c1-5-6-7-8-13(2)12-19-18(25)21-20-17(22)15-10-9-14(23-3)11-16(15)24-4/h9-11,13H,5-8,12H2,1-4H3,(H,20,22)(H2,19,21,25)/t13-/m0/s1. The van der Waals surface area contributed by atoms with Crippen molar-refractivity contribution in [3.8, 4) is 11.5 Å². The summed E-state index contributed by atoms with van der Waals surface area (Å²) in [4.78, 5) is 12.3. The number of amides is 1. The Morgan fingerprint density at radius 2 is 1.96 bits per heavy atom. The maximum Gasteiger partial charge on any atom is 0.273 e. The molecule has 1 aromatic carbocycles. The Bertz CT molecular complexity index is 566. The summed E-state index contributed by atoms with van der Waals surface area (Å²) in [6, 6.07) is 5.00. The van der Waals surface area contributed by atoms with Gasteiger partial charge < -0.3 is 14.8 Å². The number of nitrogens with one attached hydrogen (secondary N) is 3. The Kier molecular flexibility index (Phi) is 9.69. The molecular formula is C18H29N3O3S. The molecule has 25 heavy (non-hydrogen) atoms. The molecule has 0 unspecified atom stereocenters. The number of benzene rings is 1. The molecule has 0 bridgehead atoms. The van der Waals surface area contributed by atoms with Gasteiger partial charge in [0.25, 0.3) is 5.91 Å². The SMILES string of the molecule is CCCCC[C@H](C)CNC(=S)NNC(=O)c1ccc(OC)cc1OC. The highest BCUT2D eigenvalue weighted by molar-refractivity contribution is 7.80. The fraction of sp³-hybridized carbons (Fsp3) is 0.556. The summed E-state index contributed by atoms with van der Waals surface area (Å²) in [5.74, 6) is 1.25. The first-order valence-electron chi connectivity index (χ1n) is 8.58. The Morgan fingerprint density at radius 3 is 2.60 bits per heavy atom. The summed E-state index contributed by atoms with van der Waals surface area (Å²) in [7, 11) is 3.06. The number of ether oxygens (including phenoxy) is 2. The van der Waals surface area contributed by atoms with Gasteiger partial charge in [-0.25, -0.2) is 0 Å². The van der Waals surface area contributed by atoms with Gasteiger partial charge in [-0.2, -0.15) is 0 Å². The van der Waals surface area contributed by atoms with Crippen LogP contribution in [-0.2, 0) is 0 Å². The highest BCUT2D eigenvalue weighted by atomic mass is 32.1. The highest BCUT2D eigenvalue weighted by Gasteiger charge is 2.13. The maximum absolute atomic E-state index is 12.3. The zero-order valence-corrected chi connectivity index (χ0v) is 16.3. The molecule has 0 aromatic heterocycles. The van der Waals surface area contributed by atoms with Crippen LogP contribution in [0.2, 0.25) is 0 Å². The summed E-state index contributed by atoms with van der Waals surface area (Å²) in [5, 5.41) is 3.51. The largest absolute Gasteiger partial charge is 0.497 e. The van der Waals surface area contributed by atoms with Crippen LogP contribution in [0.15, 0.2) is 18.2 Å². The van der Waals surface area contributed by atoms with E-state index in [2.05, 4.69) is 30.0 Å². The lowest BCUT2D eigenvalue weighted by molar-refractivity contribution is 0.0940. The highest BCUT2D eigenvalue weighted by Crippen LogP contribution is 2.24. The lowest BCUT2D eigenvalue weighted by atomic mass is 10.0. The average Bonchev–Trinajstić information content (AvgIpc) is 2.63. The molecule has 6 nitrogen and oxygen atoms in total. The number of carbonyl (C=O) groups excluding carboxylic acids is 1. The van der Waals surface area contributed by atoms with Crippen molar-refractivity contribution in [3.05, 3.63) is 23.8 Å². The van der Waals surface area contributed by atoms with Crippen molar-refractivity contribution in [2.45, 2.75) is 39.5 Å². The van der Waals surface area contributed by atoms with E-state index in [0.717, 1.165) is 6.54 Å². The van der Waals surface area contributed by atoms with Crippen LogP contribution in [-0.4, -0.2) is 31.8 Å². The van der Waals surface area contributed by atoms with E-state index in [1.54, 1.807) is 25.3 Å². The second-order valence-electron chi connectivity index (χ2n) is 5.96. The Labute approximate surface area is 155 Å². The molecule has 1 rings (SSSR count). The third-order valence-electron chi connectivity index (χ3n) is 3.85. The minimum absolute atomic E-state index is 0.334. The number of hydrazine groups is 1. The number of methoxy groups -OCH3 is 2. The zero-order valence-electron chi connectivity index (χ0n) is 15.5. The number of rotatable bonds is 9. The van der Waals surface area contributed by atoms with Crippen LogP contribution < -0.4 is 25.6 Å². The Morgan fingerprint density at radius 1 is 1.20 bits per heavy atom. The van der Waals surface area contributed by atoms with Gasteiger partial charge in [0.05, 0.1) is 19.8 Å². The van der Waals surface area contributed by atoms with Crippen LogP contribution >= 0.6 is 12.2 Å². The van der Waals surface area contributed by atoms with Gasteiger partial charge in [0.2, 0.25) is 0 Å². The molecule has 3 N–H and O–H groups in total. The van der Waals surface area contributed by atoms with Crippen molar-refractivity contribution in [2.75, 3.05) is 20.8 Å². The van der Waals surface area contributed by atoms with E-state index < -0.39 is 0 Å². The number of thiocarbonyl (C=S) groups is 1. The summed E-state index contributed by atoms with van der Waals surface area (Å²) >= 11 is 5.19. The fourth-order valence-electron chi connectivity index (χ4n) is 2.32. The molecule has 0 spiro atoms. The molecule has 140 valence electrons. The van der Waals surface area contributed by atoms with Gasteiger partial charge in [-0.15, -0.1) is 0 Å². The number of carbonyl (C=O) groups is 1. The first-order valence-corrected chi connectivity index (χ1v) is 8.98. The molecule has 0 heterocycles. The van der Waals surface area contributed by atoms with Crippen LogP contribution in [0, 0.1) is 5.92 Å². The molecule has 7 heteroatoms. The number of hydrogen-bond donors (Lipinski definition) is 3. The van der Waals surface area contributed by atoms with E-state index in [-0.39, 0.29) is 5.91 Å². The predicted molar refractivity (Wildman–Crippen MR) is 104 cm³/mol. The molecule has 1 atom stereocenters. The van der Waals surface area contributed by atoms with Crippen molar-refractivity contribution in [1.29, 1.82) is 0 Å². The van der Waals surface area contributed by atoms with Crippen molar-refractivity contribution in [2.24, 2.45) is 5.92 Å². The van der Waals surface area contributed by atoms with Crippen LogP contribution in [0.1, 0.15) is 49.9 Å². The molecule has 0 saturated heterocycles. The zero-order chi connectivity index (χ0) is 18.7. The smallest absolute Gasteiger partial charge is 0.273 e. The molecular weight excluding hydrogens is 338 g/mol. The van der Waals surface area contributed by atoms with Crippen molar-refractivity contribution in [3.63, 3.8) is 0 Å². The van der Waals surface area contributed by atoms with Crippen LogP contribution in [0.25, 0.3) is 0 Å². The quantitative estimate of drug-likeness (QED) is 0.354. The minimum Gasteiger partial charge on any atom is -0.497 e. The summed E-state index contributed by atoms with van der Waals surface area (Å²) in [6.45, 7) is 5.16. The van der Waals surface area contributed by atoms with E-state index in [1.165, 1.54) is 32.8 Å². The molecule has 0 aliphatic rings. The van der Waals surface area contributed by atoms with Crippen molar-refractivity contribution < 1.29 is 14.3 Å². The predicted octanol–water partition coefficient (Wildman–Crippen LogP) is 3.03. The lowest BCUT2D eigenvalue weighted by Crippen LogP contribution is -2.47.